The van der Waals surface area contributed by atoms with Crippen molar-refractivity contribution >= 4 is 5.91 Å². The fourth-order valence-electron chi connectivity index (χ4n) is 3.64. The topological polar surface area (TPSA) is 38.3 Å². The maximum absolute atomic E-state index is 13.4. The first-order chi connectivity index (χ1) is 15.4. The van der Waals surface area contributed by atoms with Crippen molar-refractivity contribution in [3.8, 4) is 0 Å². The minimum absolute atomic E-state index is 0.0469. The molecule has 3 rings (SSSR count). The summed E-state index contributed by atoms with van der Waals surface area (Å²) in [6.45, 7) is 11.4. The Balaban J connectivity index is 1.83. The second-order valence-electron chi connectivity index (χ2n) is 9.05. The van der Waals surface area contributed by atoms with Crippen molar-refractivity contribution in [1.82, 2.24) is 5.32 Å². The van der Waals surface area contributed by atoms with Crippen LogP contribution in [0.3, 0.4) is 0 Å². The van der Waals surface area contributed by atoms with E-state index in [1.807, 2.05) is 72.8 Å². The predicted molar refractivity (Wildman–Crippen MR) is 131 cm³/mol. The highest BCUT2D eigenvalue weighted by Gasteiger charge is 2.29. The molecular formula is C29H33NO2. The van der Waals surface area contributed by atoms with Gasteiger partial charge < -0.3 is 10.1 Å². The number of rotatable bonds is 9. The molecule has 0 radical (unpaired) electrons. The maximum Gasteiger partial charge on any atom is 0.230 e. The number of hydrogen-bond acceptors (Lipinski definition) is 2. The van der Waals surface area contributed by atoms with E-state index in [-0.39, 0.29) is 11.3 Å². The summed E-state index contributed by atoms with van der Waals surface area (Å²) >= 11 is 0. The molecule has 0 unspecified atom stereocenters. The molecule has 166 valence electrons. The lowest BCUT2D eigenvalue weighted by molar-refractivity contribution is -0.125. The fourth-order valence-corrected chi connectivity index (χ4v) is 3.64. The molecule has 1 N–H and O–H groups in total. The molecule has 0 saturated heterocycles. The number of benzene rings is 3. The van der Waals surface area contributed by atoms with Crippen LogP contribution in [0, 0.1) is 0 Å². The Bertz CT molecular complexity index is 989. The summed E-state index contributed by atoms with van der Waals surface area (Å²) in [4.78, 5) is 13.4. The summed E-state index contributed by atoms with van der Waals surface area (Å²) in [5.41, 5.74) is 4.31. The van der Waals surface area contributed by atoms with Crippen molar-refractivity contribution in [2.45, 2.75) is 51.4 Å². The van der Waals surface area contributed by atoms with Crippen LogP contribution >= 0.6 is 0 Å². The van der Waals surface area contributed by atoms with Gasteiger partial charge in [0.1, 0.15) is 0 Å². The van der Waals surface area contributed by atoms with E-state index < -0.39 is 12.0 Å². The number of carbonyl (C=O) groups excluding carboxylic acids is 1. The summed E-state index contributed by atoms with van der Waals surface area (Å²) in [5, 5.41) is 3.09. The Morgan fingerprint density at radius 3 is 2.00 bits per heavy atom. The van der Waals surface area contributed by atoms with Gasteiger partial charge >= 0.3 is 0 Å². The standard InChI is InChI=1S/C29H33NO2/c1-5-26(32-21-23-14-10-7-11-15-23)27(24-16-18-25(19-17-24)29(2,3)4)28(31)30-20-22-12-8-6-9-13-22/h5-19,26-27H,1,20-21H2,2-4H3,(H,30,31)/t26-,27+/m0/s1. The monoisotopic (exact) mass is 427 g/mol. The molecule has 3 aromatic rings. The molecule has 3 nitrogen and oxygen atoms in total. The van der Waals surface area contributed by atoms with E-state index in [0.29, 0.717) is 13.2 Å². The number of carbonyl (C=O) groups is 1. The van der Waals surface area contributed by atoms with Crippen molar-refractivity contribution in [2.75, 3.05) is 0 Å². The van der Waals surface area contributed by atoms with Crippen molar-refractivity contribution in [3.05, 3.63) is 120 Å². The second-order valence-corrected chi connectivity index (χ2v) is 9.05. The molecule has 32 heavy (non-hydrogen) atoms. The van der Waals surface area contributed by atoms with Gasteiger partial charge in [0.25, 0.3) is 0 Å². The first-order valence-corrected chi connectivity index (χ1v) is 11.1. The van der Waals surface area contributed by atoms with E-state index in [2.05, 4.69) is 44.8 Å². The molecule has 0 saturated carbocycles. The normalized spacial score (nSPS) is 13.2. The zero-order valence-corrected chi connectivity index (χ0v) is 19.3. The predicted octanol–water partition coefficient (Wildman–Crippen LogP) is 6.16. The molecule has 0 spiro atoms. The van der Waals surface area contributed by atoms with Crippen molar-refractivity contribution in [3.63, 3.8) is 0 Å². The van der Waals surface area contributed by atoms with E-state index in [1.54, 1.807) is 6.08 Å². The van der Waals surface area contributed by atoms with Crippen LogP contribution in [0.25, 0.3) is 0 Å². The molecule has 0 aromatic heterocycles. The van der Waals surface area contributed by atoms with Gasteiger partial charge in [0.15, 0.2) is 0 Å². The van der Waals surface area contributed by atoms with Gasteiger partial charge in [0.2, 0.25) is 5.91 Å². The Morgan fingerprint density at radius 1 is 0.906 bits per heavy atom. The van der Waals surface area contributed by atoms with Crippen molar-refractivity contribution < 1.29 is 9.53 Å². The van der Waals surface area contributed by atoms with E-state index >= 15 is 0 Å². The Hall–Kier alpha value is -3.17. The van der Waals surface area contributed by atoms with Crippen LogP contribution in [-0.4, -0.2) is 12.0 Å². The fraction of sp³-hybridized carbons (Fsp3) is 0.276. The number of ether oxygens (including phenoxy) is 1. The van der Waals surface area contributed by atoms with E-state index in [4.69, 9.17) is 4.74 Å². The number of amides is 1. The van der Waals surface area contributed by atoms with Gasteiger partial charge in [0, 0.05) is 6.54 Å². The summed E-state index contributed by atoms with van der Waals surface area (Å²) in [6, 6.07) is 28.2. The highest BCUT2D eigenvalue weighted by Crippen LogP contribution is 2.28. The molecule has 0 aliphatic carbocycles. The van der Waals surface area contributed by atoms with Gasteiger partial charge in [-0.25, -0.2) is 0 Å². The van der Waals surface area contributed by atoms with Gasteiger partial charge in [-0.15, -0.1) is 6.58 Å². The van der Waals surface area contributed by atoms with E-state index in [0.717, 1.165) is 16.7 Å². The third-order valence-electron chi connectivity index (χ3n) is 5.57. The molecular weight excluding hydrogens is 394 g/mol. The third kappa shape index (κ3) is 6.41. The van der Waals surface area contributed by atoms with Gasteiger partial charge in [-0.05, 0) is 27.7 Å². The largest absolute Gasteiger partial charge is 0.368 e. The average molecular weight is 428 g/mol. The molecule has 0 heterocycles. The summed E-state index contributed by atoms with van der Waals surface area (Å²) in [6.07, 6.45) is 1.28. The molecule has 0 aliphatic rings. The molecule has 3 heteroatoms. The van der Waals surface area contributed by atoms with Crippen LogP contribution in [0.4, 0.5) is 0 Å². The highest BCUT2D eigenvalue weighted by molar-refractivity contribution is 5.84. The minimum atomic E-state index is -0.492. The second kappa shape index (κ2) is 10.9. The third-order valence-corrected chi connectivity index (χ3v) is 5.57. The lowest BCUT2D eigenvalue weighted by atomic mass is 9.84. The number of hydrogen-bond donors (Lipinski definition) is 1. The van der Waals surface area contributed by atoms with Crippen LogP contribution in [0.1, 0.15) is 48.9 Å². The Morgan fingerprint density at radius 2 is 1.47 bits per heavy atom. The van der Waals surface area contributed by atoms with Gasteiger partial charge in [-0.3, -0.25) is 4.79 Å². The van der Waals surface area contributed by atoms with Crippen molar-refractivity contribution in [1.29, 1.82) is 0 Å². The molecule has 3 aromatic carbocycles. The van der Waals surface area contributed by atoms with E-state index in [9.17, 15) is 4.79 Å². The molecule has 1 amide bonds. The SMILES string of the molecule is C=C[C@H](OCc1ccccc1)[C@H](C(=O)NCc1ccccc1)c1ccc(C(C)(C)C)cc1. The van der Waals surface area contributed by atoms with Crippen molar-refractivity contribution in [2.24, 2.45) is 0 Å². The first kappa shape index (κ1) is 23.5. The Kier molecular flexibility index (Phi) is 8.02. The lowest BCUT2D eigenvalue weighted by Gasteiger charge is -2.26. The maximum atomic E-state index is 13.4. The Labute approximate surface area is 192 Å². The molecule has 0 bridgehead atoms. The summed E-state index contributed by atoms with van der Waals surface area (Å²) in [5.74, 6) is -0.565. The smallest absolute Gasteiger partial charge is 0.230 e. The zero-order valence-electron chi connectivity index (χ0n) is 19.3. The van der Waals surface area contributed by atoms with Crippen LogP contribution in [-0.2, 0) is 28.1 Å². The molecule has 0 aliphatic heterocycles. The zero-order chi connectivity index (χ0) is 23.0. The highest BCUT2D eigenvalue weighted by atomic mass is 16.5. The van der Waals surface area contributed by atoms with Crippen LogP contribution in [0.15, 0.2) is 97.6 Å². The van der Waals surface area contributed by atoms with Crippen LogP contribution in [0.2, 0.25) is 0 Å². The van der Waals surface area contributed by atoms with Gasteiger partial charge in [0.05, 0.1) is 18.6 Å². The van der Waals surface area contributed by atoms with Crippen LogP contribution in [0.5, 0.6) is 0 Å². The molecule has 0 fully saturated rings. The quantitative estimate of drug-likeness (QED) is 0.416. The number of nitrogens with one attached hydrogen (secondary N) is 1. The van der Waals surface area contributed by atoms with Gasteiger partial charge in [-0.1, -0.05) is 112 Å². The molecule has 2 atom stereocenters. The summed E-state index contributed by atoms with van der Waals surface area (Å²) in [7, 11) is 0. The summed E-state index contributed by atoms with van der Waals surface area (Å²) < 4.78 is 6.19. The minimum Gasteiger partial charge on any atom is -0.368 e. The van der Waals surface area contributed by atoms with E-state index in [1.165, 1.54) is 5.56 Å². The first-order valence-electron chi connectivity index (χ1n) is 11.1. The average Bonchev–Trinajstić information content (AvgIpc) is 2.81. The van der Waals surface area contributed by atoms with Gasteiger partial charge in [-0.2, -0.15) is 0 Å². The lowest BCUT2D eigenvalue weighted by Crippen LogP contribution is -2.36. The van der Waals surface area contributed by atoms with Crippen LogP contribution < -0.4 is 5.32 Å².